The number of anilines is 1. The standard InChI is InChI=1S/C26H30N6O2S/c1-18-8-6-13-23-28-20(15-25(33)31(18)23)17-35-26-30-29-24(32(26)21-10-4-3-5-11-21)16-27-19-9-7-12-22(14-19)34-2/h6-9,12-15,21,27H,3-5,10-11,16-17H2,1-2H3. The van der Waals surface area contributed by atoms with Crippen molar-refractivity contribution in [2.24, 2.45) is 0 Å². The van der Waals surface area contributed by atoms with E-state index in [-0.39, 0.29) is 5.56 Å². The number of ether oxygens (including phenoxy) is 1. The van der Waals surface area contributed by atoms with Gasteiger partial charge in [-0.1, -0.05) is 43.2 Å². The number of benzene rings is 1. The van der Waals surface area contributed by atoms with Gasteiger partial charge in [-0.3, -0.25) is 9.20 Å². The Bertz CT molecular complexity index is 1380. The van der Waals surface area contributed by atoms with Crippen molar-refractivity contribution >= 4 is 23.1 Å². The van der Waals surface area contributed by atoms with Crippen LogP contribution in [-0.2, 0) is 12.3 Å². The zero-order valence-corrected chi connectivity index (χ0v) is 20.9. The predicted molar refractivity (Wildman–Crippen MR) is 138 cm³/mol. The molecule has 5 rings (SSSR count). The summed E-state index contributed by atoms with van der Waals surface area (Å²) in [6.07, 6.45) is 5.98. The Hall–Kier alpha value is -3.33. The summed E-state index contributed by atoms with van der Waals surface area (Å²) in [6, 6.07) is 15.6. The number of thioether (sulfide) groups is 1. The maximum Gasteiger partial charge on any atom is 0.258 e. The number of methoxy groups -OCH3 is 1. The molecular weight excluding hydrogens is 460 g/mol. The van der Waals surface area contributed by atoms with E-state index < -0.39 is 0 Å². The highest BCUT2D eigenvalue weighted by Crippen LogP contribution is 2.33. The van der Waals surface area contributed by atoms with Crippen molar-refractivity contribution in [3.8, 4) is 5.75 Å². The zero-order valence-electron chi connectivity index (χ0n) is 20.1. The molecule has 1 fully saturated rings. The summed E-state index contributed by atoms with van der Waals surface area (Å²) in [5.41, 5.74) is 3.22. The number of fused-ring (bicyclic) bond motifs is 1. The number of nitrogens with zero attached hydrogens (tertiary/aromatic N) is 5. The Morgan fingerprint density at radius 3 is 2.74 bits per heavy atom. The summed E-state index contributed by atoms with van der Waals surface area (Å²) >= 11 is 1.59. The van der Waals surface area contributed by atoms with Crippen LogP contribution in [0.5, 0.6) is 5.75 Å². The zero-order chi connectivity index (χ0) is 24.2. The molecule has 0 unspecified atom stereocenters. The van der Waals surface area contributed by atoms with E-state index in [1.54, 1.807) is 29.3 Å². The quantitative estimate of drug-likeness (QED) is 0.347. The van der Waals surface area contributed by atoms with Crippen LogP contribution < -0.4 is 15.6 Å². The summed E-state index contributed by atoms with van der Waals surface area (Å²) in [7, 11) is 1.67. The second-order valence-electron chi connectivity index (χ2n) is 8.88. The van der Waals surface area contributed by atoms with Gasteiger partial charge in [0.15, 0.2) is 11.0 Å². The lowest BCUT2D eigenvalue weighted by Gasteiger charge is -2.25. The van der Waals surface area contributed by atoms with Gasteiger partial charge in [-0.05, 0) is 44.0 Å². The lowest BCUT2D eigenvalue weighted by Crippen LogP contribution is -2.19. The maximum absolute atomic E-state index is 12.7. The molecule has 1 N–H and O–H groups in total. The summed E-state index contributed by atoms with van der Waals surface area (Å²) in [6.45, 7) is 2.49. The first kappa shape index (κ1) is 23.4. The first-order chi connectivity index (χ1) is 17.1. The molecule has 3 aromatic heterocycles. The molecule has 4 aromatic rings. The molecule has 0 atom stereocenters. The van der Waals surface area contributed by atoms with Crippen molar-refractivity contribution in [1.82, 2.24) is 24.1 Å². The van der Waals surface area contributed by atoms with Crippen molar-refractivity contribution in [2.75, 3.05) is 12.4 Å². The Labute approximate surface area is 208 Å². The van der Waals surface area contributed by atoms with Crippen molar-refractivity contribution in [2.45, 2.75) is 62.5 Å². The topological polar surface area (TPSA) is 86.3 Å². The van der Waals surface area contributed by atoms with Gasteiger partial charge in [0.25, 0.3) is 5.56 Å². The third kappa shape index (κ3) is 5.19. The number of nitrogens with one attached hydrogen (secondary N) is 1. The van der Waals surface area contributed by atoms with Gasteiger partial charge in [-0.2, -0.15) is 0 Å². The maximum atomic E-state index is 12.7. The summed E-state index contributed by atoms with van der Waals surface area (Å²) in [4.78, 5) is 17.4. The van der Waals surface area contributed by atoms with Crippen LogP contribution in [0.15, 0.2) is 58.5 Å². The monoisotopic (exact) mass is 490 g/mol. The number of aromatic nitrogens is 5. The van der Waals surface area contributed by atoms with Crippen molar-refractivity contribution in [3.63, 3.8) is 0 Å². The van der Waals surface area contributed by atoms with Gasteiger partial charge in [0, 0.05) is 35.3 Å². The number of aryl methyl sites for hydroxylation is 1. The van der Waals surface area contributed by atoms with Crippen molar-refractivity contribution in [1.29, 1.82) is 0 Å². The second-order valence-corrected chi connectivity index (χ2v) is 9.82. The Kier molecular flexibility index (Phi) is 7.03. The van der Waals surface area contributed by atoms with E-state index in [1.807, 2.05) is 49.4 Å². The third-order valence-corrected chi connectivity index (χ3v) is 7.45. The number of rotatable bonds is 8. The van der Waals surface area contributed by atoms with E-state index >= 15 is 0 Å². The van der Waals surface area contributed by atoms with Crippen LogP contribution in [0.1, 0.15) is 55.4 Å². The van der Waals surface area contributed by atoms with Gasteiger partial charge in [-0.15, -0.1) is 10.2 Å². The number of pyridine rings is 1. The molecule has 3 heterocycles. The van der Waals surface area contributed by atoms with E-state index in [1.165, 1.54) is 19.3 Å². The first-order valence-corrected chi connectivity index (χ1v) is 13.0. The van der Waals surface area contributed by atoms with Gasteiger partial charge in [0.1, 0.15) is 11.4 Å². The lowest BCUT2D eigenvalue weighted by atomic mass is 9.95. The van der Waals surface area contributed by atoms with Gasteiger partial charge in [0.2, 0.25) is 0 Å². The third-order valence-electron chi connectivity index (χ3n) is 6.48. The molecule has 0 saturated heterocycles. The molecule has 1 aliphatic carbocycles. The van der Waals surface area contributed by atoms with Gasteiger partial charge in [-0.25, -0.2) is 4.98 Å². The second kappa shape index (κ2) is 10.5. The predicted octanol–water partition coefficient (Wildman–Crippen LogP) is 5.01. The minimum atomic E-state index is -0.0550. The van der Waals surface area contributed by atoms with E-state index in [4.69, 9.17) is 9.72 Å². The lowest BCUT2D eigenvalue weighted by molar-refractivity contribution is 0.330. The highest BCUT2D eigenvalue weighted by Gasteiger charge is 2.23. The van der Waals surface area contributed by atoms with E-state index in [0.29, 0.717) is 24.0 Å². The van der Waals surface area contributed by atoms with E-state index in [0.717, 1.165) is 46.6 Å². The fourth-order valence-electron chi connectivity index (χ4n) is 4.72. The van der Waals surface area contributed by atoms with Gasteiger partial charge in [0.05, 0.1) is 19.3 Å². The van der Waals surface area contributed by atoms with Crippen LogP contribution in [-0.4, -0.2) is 31.3 Å². The molecule has 1 saturated carbocycles. The van der Waals surface area contributed by atoms with Gasteiger partial charge >= 0.3 is 0 Å². The van der Waals surface area contributed by atoms with Crippen LogP contribution >= 0.6 is 11.8 Å². The summed E-state index contributed by atoms with van der Waals surface area (Å²) in [5, 5.41) is 13.5. The molecule has 1 aromatic carbocycles. The molecule has 0 aliphatic heterocycles. The molecular formula is C26H30N6O2S. The smallest absolute Gasteiger partial charge is 0.258 e. The first-order valence-electron chi connectivity index (χ1n) is 12.0. The van der Waals surface area contributed by atoms with Crippen molar-refractivity contribution in [3.05, 3.63) is 76.1 Å². The Balaban J connectivity index is 1.38. The van der Waals surface area contributed by atoms with E-state index in [9.17, 15) is 4.79 Å². The molecule has 0 spiro atoms. The highest BCUT2D eigenvalue weighted by atomic mass is 32.2. The Morgan fingerprint density at radius 1 is 1.09 bits per heavy atom. The van der Waals surface area contributed by atoms with Crippen LogP contribution in [0.3, 0.4) is 0 Å². The minimum absolute atomic E-state index is 0.0550. The molecule has 35 heavy (non-hydrogen) atoms. The van der Waals surface area contributed by atoms with Crippen LogP contribution in [0.25, 0.3) is 5.65 Å². The normalized spacial score (nSPS) is 14.3. The van der Waals surface area contributed by atoms with Crippen LogP contribution in [0.4, 0.5) is 5.69 Å². The summed E-state index contributed by atoms with van der Waals surface area (Å²) in [5.74, 6) is 2.30. The molecule has 182 valence electrons. The highest BCUT2D eigenvalue weighted by molar-refractivity contribution is 7.98. The van der Waals surface area contributed by atoms with Gasteiger partial charge < -0.3 is 14.6 Å². The molecule has 1 aliphatic rings. The SMILES string of the molecule is COc1cccc(NCc2nnc(SCc3cc(=O)n4c(C)cccc4n3)n2C2CCCCC2)c1. The molecule has 0 radical (unpaired) electrons. The number of hydrogen-bond donors (Lipinski definition) is 1. The fraction of sp³-hybridized carbons (Fsp3) is 0.385. The Morgan fingerprint density at radius 2 is 1.91 bits per heavy atom. The average molecular weight is 491 g/mol. The number of hydrogen-bond acceptors (Lipinski definition) is 7. The average Bonchev–Trinajstić information content (AvgIpc) is 3.29. The molecule has 9 heteroatoms. The van der Waals surface area contributed by atoms with E-state index in [2.05, 4.69) is 20.1 Å². The fourth-order valence-corrected chi connectivity index (χ4v) is 5.64. The molecule has 0 bridgehead atoms. The van der Waals surface area contributed by atoms with Crippen LogP contribution in [0, 0.1) is 6.92 Å². The minimum Gasteiger partial charge on any atom is -0.497 e. The molecule has 8 nitrogen and oxygen atoms in total. The van der Waals surface area contributed by atoms with Crippen molar-refractivity contribution < 1.29 is 4.74 Å². The largest absolute Gasteiger partial charge is 0.497 e. The van der Waals surface area contributed by atoms with Crippen LogP contribution in [0.2, 0.25) is 0 Å². The molecule has 0 amide bonds. The summed E-state index contributed by atoms with van der Waals surface area (Å²) < 4.78 is 9.28.